The molecule has 0 aromatic heterocycles. The summed E-state index contributed by atoms with van der Waals surface area (Å²) in [7, 11) is -1.35. The average Bonchev–Trinajstić information content (AvgIpc) is 2.94. The Balaban J connectivity index is 1.69. The SMILES string of the molecule is CN1CCCCC1CNS(=O)(=O)c1ccc2c(c1)NCC2. The molecule has 0 radical (unpaired) electrons. The number of likely N-dealkylation sites (tertiary alicyclic amines) is 1. The van der Waals surface area contributed by atoms with E-state index in [9.17, 15) is 8.42 Å². The monoisotopic (exact) mass is 309 g/mol. The lowest BCUT2D eigenvalue weighted by Crippen LogP contribution is -2.44. The van der Waals surface area contributed by atoms with Crippen LogP contribution in [-0.2, 0) is 16.4 Å². The van der Waals surface area contributed by atoms with E-state index in [0.29, 0.717) is 17.5 Å². The van der Waals surface area contributed by atoms with Crippen molar-refractivity contribution in [2.24, 2.45) is 0 Å². The first-order chi connectivity index (χ1) is 10.1. The maximum absolute atomic E-state index is 12.4. The standard InChI is InChI=1S/C15H23N3O2S/c1-18-9-3-2-4-13(18)11-17-21(19,20)14-6-5-12-7-8-16-15(12)10-14/h5-6,10,13,16-17H,2-4,7-9,11H2,1H3. The van der Waals surface area contributed by atoms with Crippen LogP contribution in [-0.4, -0.2) is 46.0 Å². The first kappa shape index (κ1) is 14.8. The van der Waals surface area contributed by atoms with Gasteiger partial charge in [0, 0.05) is 24.8 Å². The fourth-order valence-corrected chi connectivity index (χ4v) is 4.23. The Hall–Kier alpha value is -1.11. The van der Waals surface area contributed by atoms with Crippen LogP contribution in [0.3, 0.4) is 0 Å². The molecule has 6 heteroatoms. The van der Waals surface area contributed by atoms with Crippen LogP contribution in [0.25, 0.3) is 0 Å². The molecule has 1 saturated heterocycles. The predicted molar refractivity (Wildman–Crippen MR) is 84.1 cm³/mol. The molecule has 3 rings (SSSR count). The van der Waals surface area contributed by atoms with Gasteiger partial charge in [0.2, 0.25) is 10.0 Å². The van der Waals surface area contributed by atoms with Gasteiger partial charge in [-0.1, -0.05) is 12.5 Å². The van der Waals surface area contributed by atoms with Crippen LogP contribution in [0.4, 0.5) is 5.69 Å². The largest absolute Gasteiger partial charge is 0.384 e. The smallest absolute Gasteiger partial charge is 0.240 e. The molecule has 5 nitrogen and oxygen atoms in total. The van der Waals surface area contributed by atoms with Gasteiger partial charge in [0.1, 0.15) is 0 Å². The van der Waals surface area contributed by atoms with Crippen molar-refractivity contribution in [3.05, 3.63) is 23.8 Å². The zero-order valence-corrected chi connectivity index (χ0v) is 13.2. The number of benzene rings is 1. The van der Waals surface area contributed by atoms with Crippen LogP contribution in [0.2, 0.25) is 0 Å². The lowest BCUT2D eigenvalue weighted by atomic mass is 10.0. The third kappa shape index (κ3) is 3.22. The lowest BCUT2D eigenvalue weighted by Gasteiger charge is -2.32. The van der Waals surface area contributed by atoms with Crippen LogP contribution in [0.15, 0.2) is 23.1 Å². The van der Waals surface area contributed by atoms with E-state index >= 15 is 0 Å². The van der Waals surface area contributed by atoms with Gasteiger partial charge >= 0.3 is 0 Å². The molecule has 21 heavy (non-hydrogen) atoms. The molecule has 1 fully saturated rings. The van der Waals surface area contributed by atoms with Gasteiger partial charge in [0.05, 0.1) is 4.90 Å². The molecule has 0 saturated carbocycles. The van der Waals surface area contributed by atoms with Gasteiger partial charge < -0.3 is 10.2 Å². The van der Waals surface area contributed by atoms with Crippen molar-refractivity contribution in [1.82, 2.24) is 9.62 Å². The Morgan fingerprint density at radius 2 is 2.24 bits per heavy atom. The molecule has 2 N–H and O–H groups in total. The van der Waals surface area contributed by atoms with Gasteiger partial charge in [-0.3, -0.25) is 0 Å². The summed E-state index contributed by atoms with van der Waals surface area (Å²) in [6, 6.07) is 5.67. The summed E-state index contributed by atoms with van der Waals surface area (Å²) in [5.41, 5.74) is 2.15. The molecule has 1 aromatic carbocycles. The van der Waals surface area contributed by atoms with Crippen LogP contribution < -0.4 is 10.0 Å². The number of likely N-dealkylation sites (N-methyl/N-ethyl adjacent to an activating group) is 1. The minimum Gasteiger partial charge on any atom is -0.384 e. The number of fused-ring (bicyclic) bond motifs is 1. The van der Waals surface area contributed by atoms with Gasteiger partial charge in [-0.25, -0.2) is 13.1 Å². The van der Waals surface area contributed by atoms with Gasteiger partial charge in [0.15, 0.2) is 0 Å². The molecule has 2 aliphatic heterocycles. The maximum Gasteiger partial charge on any atom is 0.240 e. The third-order valence-electron chi connectivity index (χ3n) is 4.53. The van der Waals surface area contributed by atoms with Crippen molar-refractivity contribution in [2.75, 3.05) is 32.0 Å². The lowest BCUT2D eigenvalue weighted by molar-refractivity contribution is 0.187. The fourth-order valence-electron chi connectivity index (χ4n) is 3.13. The van der Waals surface area contributed by atoms with E-state index in [0.717, 1.165) is 31.6 Å². The Bertz CT molecular complexity index is 615. The van der Waals surface area contributed by atoms with Crippen LogP contribution >= 0.6 is 0 Å². The first-order valence-corrected chi connectivity index (χ1v) is 9.11. The van der Waals surface area contributed by atoms with Crippen molar-refractivity contribution in [1.29, 1.82) is 0 Å². The summed E-state index contributed by atoms with van der Waals surface area (Å²) >= 11 is 0. The molecule has 0 bridgehead atoms. The highest BCUT2D eigenvalue weighted by atomic mass is 32.2. The summed E-state index contributed by atoms with van der Waals surface area (Å²) in [6.07, 6.45) is 4.41. The van der Waals surface area contributed by atoms with Crippen molar-refractivity contribution in [2.45, 2.75) is 36.6 Å². The number of anilines is 1. The van der Waals surface area contributed by atoms with E-state index < -0.39 is 10.0 Å². The minimum atomic E-state index is -3.42. The highest BCUT2D eigenvalue weighted by Gasteiger charge is 2.23. The van der Waals surface area contributed by atoms with Crippen molar-refractivity contribution >= 4 is 15.7 Å². The topological polar surface area (TPSA) is 61.4 Å². The zero-order chi connectivity index (χ0) is 14.9. The molecule has 1 aromatic rings. The number of nitrogens with zero attached hydrogens (tertiary/aromatic N) is 1. The summed E-state index contributed by atoms with van der Waals surface area (Å²) < 4.78 is 27.6. The summed E-state index contributed by atoms with van der Waals surface area (Å²) in [5, 5.41) is 3.22. The number of sulfonamides is 1. The summed E-state index contributed by atoms with van der Waals surface area (Å²) in [4.78, 5) is 2.60. The molecular formula is C15H23N3O2S. The highest BCUT2D eigenvalue weighted by molar-refractivity contribution is 7.89. The van der Waals surface area contributed by atoms with Crippen LogP contribution in [0.1, 0.15) is 24.8 Å². The quantitative estimate of drug-likeness (QED) is 0.883. The number of rotatable bonds is 4. The summed E-state index contributed by atoms with van der Waals surface area (Å²) in [5.74, 6) is 0. The highest BCUT2D eigenvalue weighted by Crippen LogP contribution is 2.25. The van der Waals surface area contributed by atoms with Gasteiger partial charge in [-0.2, -0.15) is 0 Å². The molecule has 1 unspecified atom stereocenters. The van der Waals surface area contributed by atoms with Crippen molar-refractivity contribution < 1.29 is 8.42 Å². The Kier molecular flexibility index (Phi) is 4.19. The molecule has 1 atom stereocenters. The molecule has 116 valence electrons. The number of hydrogen-bond acceptors (Lipinski definition) is 4. The third-order valence-corrected chi connectivity index (χ3v) is 5.95. The number of nitrogens with one attached hydrogen (secondary N) is 2. The predicted octanol–water partition coefficient (Wildman–Crippen LogP) is 1.42. The second-order valence-corrected chi connectivity index (χ2v) is 7.74. The second-order valence-electron chi connectivity index (χ2n) is 5.98. The Labute approximate surface area is 126 Å². The first-order valence-electron chi connectivity index (χ1n) is 7.63. The number of hydrogen-bond donors (Lipinski definition) is 2. The van der Waals surface area contributed by atoms with Crippen molar-refractivity contribution in [3.8, 4) is 0 Å². The van der Waals surface area contributed by atoms with Gasteiger partial charge in [-0.15, -0.1) is 0 Å². The normalized spacial score (nSPS) is 22.8. The Morgan fingerprint density at radius 3 is 3.05 bits per heavy atom. The minimum absolute atomic E-state index is 0.307. The Morgan fingerprint density at radius 1 is 1.38 bits per heavy atom. The molecule has 2 aliphatic rings. The fraction of sp³-hybridized carbons (Fsp3) is 0.600. The van der Waals surface area contributed by atoms with Crippen LogP contribution in [0, 0.1) is 0 Å². The second kappa shape index (κ2) is 5.94. The van der Waals surface area contributed by atoms with E-state index in [1.54, 1.807) is 12.1 Å². The average molecular weight is 309 g/mol. The van der Waals surface area contributed by atoms with Gasteiger partial charge in [-0.05, 0) is 50.6 Å². The van der Waals surface area contributed by atoms with E-state index in [-0.39, 0.29) is 0 Å². The van der Waals surface area contributed by atoms with E-state index in [1.165, 1.54) is 18.4 Å². The molecule has 0 spiro atoms. The van der Waals surface area contributed by atoms with Gasteiger partial charge in [0.25, 0.3) is 0 Å². The van der Waals surface area contributed by atoms with E-state index in [4.69, 9.17) is 0 Å². The van der Waals surface area contributed by atoms with E-state index in [2.05, 4.69) is 22.0 Å². The maximum atomic E-state index is 12.4. The van der Waals surface area contributed by atoms with Crippen LogP contribution in [0.5, 0.6) is 0 Å². The van der Waals surface area contributed by atoms with E-state index in [1.807, 2.05) is 6.07 Å². The summed E-state index contributed by atoms with van der Waals surface area (Å²) in [6.45, 7) is 2.43. The zero-order valence-electron chi connectivity index (χ0n) is 12.4. The molecular weight excluding hydrogens is 286 g/mol. The number of piperidine rings is 1. The molecule has 0 aliphatic carbocycles. The molecule has 2 heterocycles. The van der Waals surface area contributed by atoms with Crippen molar-refractivity contribution in [3.63, 3.8) is 0 Å². The molecule has 0 amide bonds.